The van der Waals surface area contributed by atoms with E-state index in [0.717, 1.165) is 12.4 Å². The zero-order valence-corrected chi connectivity index (χ0v) is 12.0. The van der Waals surface area contributed by atoms with Crippen LogP contribution in [-0.2, 0) is 9.30 Å². The minimum absolute atomic E-state index is 0.0156. The Labute approximate surface area is 124 Å². The lowest BCUT2D eigenvalue weighted by Gasteiger charge is -2.18. The van der Waals surface area contributed by atoms with Crippen molar-refractivity contribution in [2.75, 3.05) is 18.6 Å². The van der Waals surface area contributed by atoms with E-state index >= 15 is 0 Å². The quantitative estimate of drug-likeness (QED) is 0.561. The SMILES string of the molecule is Nc1ncnc2c1/N=C\NC/C(F)=C\[C@@H](OCP(=O)(O)O)O2. The number of nitrogens with two attached hydrogens (primary N) is 1. The number of hydrogen-bond acceptors (Lipinski definition) is 8. The van der Waals surface area contributed by atoms with Crippen molar-refractivity contribution in [3.05, 3.63) is 18.2 Å². The van der Waals surface area contributed by atoms with Crippen LogP contribution in [0, 0.1) is 0 Å². The van der Waals surface area contributed by atoms with E-state index in [-0.39, 0.29) is 23.9 Å². The third-order valence-corrected chi connectivity index (χ3v) is 2.81. The molecule has 12 heteroatoms. The minimum Gasteiger partial charge on any atom is -0.442 e. The van der Waals surface area contributed by atoms with Crippen molar-refractivity contribution in [3.63, 3.8) is 0 Å². The van der Waals surface area contributed by atoms with Crippen LogP contribution in [0.25, 0.3) is 0 Å². The number of aromatic nitrogens is 2. The van der Waals surface area contributed by atoms with E-state index in [0.29, 0.717) is 0 Å². The highest BCUT2D eigenvalue weighted by atomic mass is 31.2. The molecule has 1 aliphatic rings. The van der Waals surface area contributed by atoms with Gasteiger partial charge in [-0.25, -0.2) is 14.4 Å². The number of aliphatic imine (C=N–C) groups is 1. The smallest absolute Gasteiger partial charge is 0.351 e. The van der Waals surface area contributed by atoms with Gasteiger partial charge in [0.15, 0.2) is 17.9 Å². The second-order valence-corrected chi connectivity index (χ2v) is 5.70. The summed E-state index contributed by atoms with van der Waals surface area (Å²) in [5.41, 5.74) is 5.72. The summed E-state index contributed by atoms with van der Waals surface area (Å²) in [4.78, 5) is 29.1. The Hall–Kier alpha value is -2.07. The molecule has 1 aromatic heterocycles. The third kappa shape index (κ3) is 4.74. The summed E-state index contributed by atoms with van der Waals surface area (Å²) in [7, 11) is -4.45. The van der Waals surface area contributed by atoms with Crippen LogP contribution < -0.4 is 15.8 Å². The number of rotatable bonds is 3. The molecule has 2 rings (SSSR count). The molecule has 0 fully saturated rings. The molecule has 0 bridgehead atoms. The average Bonchev–Trinajstić information content (AvgIpc) is 2.42. The van der Waals surface area contributed by atoms with Crippen molar-refractivity contribution in [1.82, 2.24) is 15.3 Å². The molecule has 22 heavy (non-hydrogen) atoms. The predicted octanol–water partition coefficient (Wildman–Crippen LogP) is 0.0319. The zero-order valence-electron chi connectivity index (χ0n) is 11.1. The van der Waals surface area contributed by atoms with E-state index in [2.05, 4.69) is 20.3 Å². The molecule has 120 valence electrons. The number of nitrogens with one attached hydrogen (secondary N) is 1. The Morgan fingerprint density at radius 1 is 1.55 bits per heavy atom. The van der Waals surface area contributed by atoms with Crippen LogP contribution in [0.1, 0.15) is 0 Å². The van der Waals surface area contributed by atoms with Gasteiger partial charge in [0.25, 0.3) is 0 Å². The Morgan fingerprint density at radius 3 is 3.05 bits per heavy atom. The number of nitrogen functional groups attached to an aromatic ring is 1. The lowest BCUT2D eigenvalue weighted by Crippen LogP contribution is -2.23. The van der Waals surface area contributed by atoms with Crippen molar-refractivity contribution in [2.24, 2.45) is 4.99 Å². The van der Waals surface area contributed by atoms with Crippen LogP contribution >= 0.6 is 7.60 Å². The molecule has 0 amide bonds. The average molecular weight is 333 g/mol. The van der Waals surface area contributed by atoms with Crippen LogP contribution in [0.15, 0.2) is 23.2 Å². The number of fused-ring (bicyclic) bond motifs is 1. The molecule has 0 saturated carbocycles. The highest BCUT2D eigenvalue weighted by molar-refractivity contribution is 7.51. The van der Waals surface area contributed by atoms with Crippen molar-refractivity contribution in [2.45, 2.75) is 6.29 Å². The first-order valence-corrected chi connectivity index (χ1v) is 7.70. The van der Waals surface area contributed by atoms with Crippen molar-refractivity contribution in [1.29, 1.82) is 0 Å². The molecule has 0 aliphatic carbocycles. The Morgan fingerprint density at radius 2 is 2.32 bits per heavy atom. The largest absolute Gasteiger partial charge is 0.442 e. The normalized spacial score (nSPS) is 22.5. The van der Waals surface area contributed by atoms with Gasteiger partial charge in [-0.3, -0.25) is 4.57 Å². The van der Waals surface area contributed by atoms with E-state index in [1.807, 2.05) is 0 Å². The maximum Gasteiger partial charge on any atom is 0.351 e. The lowest BCUT2D eigenvalue weighted by molar-refractivity contribution is -0.0344. The third-order valence-electron chi connectivity index (χ3n) is 2.32. The van der Waals surface area contributed by atoms with Gasteiger partial charge in [-0.05, 0) is 0 Å². The minimum atomic E-state index is -4.45. The summed E-state index contributed by atoms with van der Waals surface area (Å²) in [5, 5.41) is 2.56. The van der Waals surface area contributed by atoms with Gasteiger partial charge < -0.3 is 30.3 Å². The van der Waals surface area contributed by atoms with Gasteiger partial charge in [-0.1, -0.05) is 0 Å². The molecule has 1 atom stereocenters. The first-order chi connectivity index (χ1) is 10.3. The summed E-state index contributed by atoms with van der Waals surface area (Å²) in [6.45, 7) is -0.217. The zero-order chi connectivity index (χ0) is 16.2. The molecule has 0 unspecified atom stereocenters. The summed E-state index contributed by atoms with van der Waals surface area (Å²) < 4.78 is 34.6. The maximum atomic E-state index is 13.6. The van der Waals surface area contributed by atoms with Crippen LogP contribution in [0.5, 0.6) is 5.88 Å². The summed E-state index contributed by atoms with van der Waals surface area (Å²) in [5.74, 6) is -0.776. The fourth-order valence-electron chi connectivity index (χ4n) is 1.44. The highest BCUT2D eigenvalue weighted by Crippen LogP contribution is 2.35. The van der Waals surface area contributed by atoms with E-state index < -0.39 is 26.1 Å². The molecule has 0 radical (unpaired) electrons. The van der Waals surface area contributed by atoms with E-state index in [1.54, 1.807) is 0 Å². The topological polar surface area (TPSA) is 152 Å². The van der Waals surface area contributed by atoms with Gasteiger partial charge in [0.05, 0.1) is 12.9 Å². The lowest BCUT2D eigenvalue weighted by atomic mass is 10.4. The number of nitrogens with zero attached hydrogens (tertiary/aromatic N) is 3. The van der Waals surface area contributed by atoms with Gasteiger partial charge in [0, 0.05) is 6.08 Å². The molecule has 1 aromatic rings. The van der Waals surface area contributed by atoms with Crippen LogP contribution in [-0.4, -0.2) is 45.3 Å². The van der Waals surface area contributed by atoms with Gasteiger partial charge in [0.1, 0.15) is 12.2 Å². The van der Waals surface area contributed by atoms with Gasteiger partial charge in [-0.2, -0.15) is 4.98 Å². The maximum absolute atomic E-state index is 13.6. The van der Waals surface area contributed by atoms with Gasteiger partial charge in [-0.15, -0.1) is 0 Å². The Balaban J connectivity index is 2.30. The molecular formula is C10H13FN5O5P. The molecule has 0 spiro atoms. The fraction of sp³-hybridized carbons (Fsp3) is 0.300. The molecule has 5 N–H and O–H groups in total. The number of anilines is 1. The predicted molar refractivity (Wildman–Crippen MR) is 74.2 cm³/mol. The molecule has 1 aliphatic heterocycles. The molecular weight excluding hydrogens is 320 g/mol. The second-order valence-electron chi connectivity index (χ2n) is 4.11. The summed E-state index contributed by atoms with van der Waals surface area (Å²) in [6.07, 6.45) is 0.836. The molecule has 2 heterocycles. The summed E-state index contributed by atoms with van der Waals surface area (Å²) >= 11 is 0. The van der Waals surface area contributed by atoms with Crippen molar-refractivity contribution < 1.29 is 28.2 Å². The molecule has 0 saturated heterocycles. The van der Waals surface area contributed by atoms with E-state index in [9.17, 15) is 8.96 Å². The van der Waals surface area contributed by atoms with Gasteiger partial charge in [0.2, 0.25) is 12.2 Å². The van der Waals surface area contributed by atoms with Crippen LogP contribution in [0.4, 0.5) is 15.9 Å². The number of ether oxygens (including phenoxy) is 2. The van der Waals surface area contributed by atoms with Crippen LogP contribution in [0.3, 0.4) is 0 Å². The first kappa shape index (κ1) is 16.3. The fourth-order valence-corrected chi connectivity index (χ4v) is 1.78. The van der Waals surface area contributed by atoms with Crippen molar-refractivity contribution >= 4 is 25.4 Å². The first-order valence-electron chi connectivity index (χ1n) is 5.90. The highest BCUT2D eigenvalue weighted by Gasteiger charge is 2.21. The standard InChI is InChI=1S/C10H13FN5O5P/c11-6-1-7(20-5-22(17,18)19)21-10-8(14-3-13-2-6)9(12)15-4-16-10/h1,3-4,7H,2,5H2,(H,13,14)(H2,12,15,16)(H2,17,18,19)/b6-1+/t7-/m0/s1. The van der Waals surface area contributed by atoms with E-state index in [4.69, 9.17) is 25.0 Å². The van der Waals surface area contributed by atoms with E-state index in [1.165, 1.54) is 6.34 Å². The summed E-state index contributed by atoms with van der Waals surface area (Å²) in [6, 6.07) is 0. The Bertz CT molecular complexity index is 649. The Kier molecular flexibility index (Phi) is 5.03. The van der Waals surface area contributed by atoms with Crippen LogP contribution in [0.2, 0.25) is 0 Å². The second kappa shape index (κ2) is 6.79. The molecule has 0 aromatic carbocycles. The van der Waals surface area contributed by atoms with Crippen molar-refractivity contribution in [3.8, 4) is 5.88 Å². The van der Waals surface area contributed by atoms with Gasteiger partial charge >= 0.3 is 7.60 Å². The monoisotopic (exact) mass is 333 g/mol. The molecule has 10 nitrogen and oxygen atoms in total. The number of hydrogen-bond donors (Lipinski definition) is 4. The number of halogens is 1.